The normalized spacial score (nSPS) is 27.9. The summed E-state index contributed by atoms with van der Waals surface area (Å²) in [5.41, 5.74) is 1.79. The maximum Gasteiger partial charge on any atom is 0.241 e. The van der Waals surface area contributed by atoms with Crippen LogP contribution in [0.1, 0.15) is 24.8 Å². The Labute approximate surface area is 95.2 Å². The largest absolute Gasteiger partial charge is 0.247 e. The number of quaternary nitrogens is 1. The van der Waals surface area contributed by atoms with Crippen LogP contribution in [-0.2, 0) is 0 Å². The number of allylic oxidation sites excluding steroid dienone is 1. The highest BCUT2D eigenvalue weighted by atomic mass is 15.4. The van der Waals surface area contributed by atoms with E-state index in [4.69, 9.17) is 5.26 Å². The lowest BCUT2D eigenvalue weighted by Gasteiger charge is -2.39. The molecule has 0 saturated heterocycles. The summed E-state index contributed by atoms with van der Waals surface area (Å²) in [7, 11) is 2.17. The second-order valence-electron chi connectivity index (χ2n) is 4.76. The van der Waals surface area contributed by atoms with E-state index in [0.29, 0.717) is 6.04 Å². The van der Waals surface area contributed by atoms with Crippen LogP contribution in [0.15, 0.2) is 24.5 Å². The van der Waals surface area contributed by atoms with Crippen molar-refractivity contribution < 1.29 is 0 Å². The second-order valence-corrected chi connectivity index (χ2v) is 4.76. The van der Waals surface area contributed by atoms with Gasteiger partial charge in [0.05, 0.1) is 18.7 Å². The van der Waals surface area contributed by atoms with Crippen LogP contribution in [0.3, 0.4) is 0 Å². The highest BCUT2D eigenvalue weighted by Crippen LogP contribution is 2.43. The lowest BCUT2D eigenvalue weighted by molar-refractivity contribution is 0.217. The van der Waals surface area contributed by atoms with Gasteiger partial charge in [-0.25, -0.2) is 9.47 Å². The summed E-state index contributed by atoms with van der Waals surface area (Å²) in [5, 5.41) is 9.16. The van der Waals surface area contributed by atoms with E-state index >= 15 is 0 Å². The van der Waals surface area contributed by atoms with Gasteiger partial charge in [0.15, 0.2) is 0 Å². The number of fused-ring (bicyclic) bond motifs is 1. The Bertz CT molecular complexity index is 508. The minimum atomic E-state index is 0.611. The molecule has 3 rings (SSSR count). The number of aromatic nitrogens is 1. The molecule has 0 aromatic carbocycles. The number of hydrogen-bond donors (Lipinski definition) is 0. The van der Waals surface area contributed by atoms with Crippen LogP contribution in [0.2, 0.25) is 0 Å². The van der Waals surface area contributed by atoms with Crippen molar-refractivity contribution in [3.05, 3.63) is 30.1 Å². The molecule has 1 atom stereocenters. The molecule has 1 aliphatic carbocycles. The molecule has 80 valence electrons. The maximum absolute atomic E-state index is 9.16. The van der Waals surface area contributed by atoms with Crippen molar-refractivity contribution >= 4 is 11.4 Å². The molecule has 2 aliphatic rings. The highest BCUT2D eigenvalue weighted by molar-refractivity contribution is 5.87. The van der Waals surface area contributed by atoms with E-state index in [2.05, 4.69) is 24.3 Å². The van der Waals surface area contributed by atoms with E-state index in [1.807, 2.05) is 18.3 Å². The SMILES string of the molecule is C[N+]1(C2CCC2)C=C(C#N)c2cccnc21. The first-order chi connectivity index (χ1) is 7.75. The number of nitriles is 1. The van der Waals surface area contributed by atoms with Gasteiger partial charge < -0.3 is 0 Å². The van der Waals surface area contributed by atoms with Crippen LogP contribution < -0.4 is 4.48 Å². The quantitative estimate of drug-likeness (QED) is 0.670. The van der Waals surface area contributed by atoms with Gasteiger partial charge in [0.1, 0.15) is 17.8 Å². The Morgan fingerprint density at radius 2 is 2.31 bits per heavy atom. The van der Waals surface area contributed by atoms with Gasteiger partial charge in [0.25, 0.3) is 0 Å². The fourth-order valence-electron chi connectivity index (χ4n) is 2.68. The summed E-state index contributed by atoms with van der Waals surface area (Å²) in [6.45, 7) is 0. The van der Waals surface area contributed by atoms with Crippen LogP contribution in [0.4, 0.5) is 5.82 Å². The maximum atomic E-state index is 9.16. The number of pyridine rings is 1. The Morgan fingerprint density at radius 1 is 1.50 bits per heavy atom. The molecule has 2 heterocycles. The predicted molar refractivity (Wildman–Crippen MR) is 63.2 cm³/mol. The number of nitrogens with zero attached hydrogens (tertiary/aromatic N) is 3. The second kappa shape index (κ2) is 3.16. The van der Waals surface area contributed by atoms with Crippen molar-refractivity contribution in [1.29, 1.82) is 5.26 Å². The fourth-order valence-corrected chi connectivity index (χ4v) is 2.68. The third-order valence-corrected chi connectivity index (χ3v) is 3.88. The molecule has 1 aliphatic heterocycles. The van der Waals surface area contributed by atoms with E-state index in [9.17, 15) is 0 Å². The van der Waals surface area contributed by atoms with Crippen molar-refractivity contribution in [2.75, 3.05) is 7.05 Å². The van der Waals surface area contributed by atoms with Crippen LogP contribution in [-0.4, -0.2) is 18.1 Å². The average molecular weight is 212 g/mol. The molecule has 1 unspecified atom stereocenters. The standard InChI is InChI=1S/C13H14N3/c1-16(11-4-2-5-11)9-10(8-14)12-6-3-7-15-13(12)16/h3,6-7,9,11H,2,4-5H2,1H3/q+1. The Balaban J connectivity index is 2.16. The zero-order valence-corrected chi connectivity index (χ0v) is 9.35. The first-order valence-electron chi connectivity index (χ1n) is 5.70. The summed E-state index contributed by atoms with van der Waals surface area (Å²) < 4.78 is 0.721. The Morgan fingerprint density at radius 3 is 2.94 bits per heavy atom. The zero-order chi connectivity index (χ0) is 11.2. The topological polar surface area (TPSA) is 36.7 Å². The van der Waals surface area contributed by atoms with Crippen LogP contribution >= 0.6 is 0 Å². The molecule has 3 heteroatoms. The van der Waals surface area contributed by atoms with Gasteiger partial charge >= 0.3 is 0 Å². The van der Waals surface area contributed by atoms with Crippen LogP contribution in [0.25, 0.3) is 5.57 Å². The van der Waals surface area contributed by atoms with Gasteiger partial charge in [0.2, 0.25) is 5.82 Å². The lowest BCUT2D eigenvalue weighted by atomic mass is 9.90. The van der Waals surface area contributed by atoms with E-state index in [-0.39, 0.29) is 0 Å². The highest BCUT2D eigenvalue weighted by Gasteiger charge is 2.45. The zero-order valence-electron chi connectivity index (χ0n) is 9.35. The smallest absolute Gasteiger partial charge is 0.241 e. The molecule has 16 heavy (non-hydrogen) atoms. The molecule has 1 fully saturated rings. The fraction of sp³-hybridized carbons (Fsp3) is 0.385. The number of hydrogen-bond acceptors (Lipinski definition) is 2. The van der Waals surface area contributed by atoms with Gasteiger partial charge in [-0.15, -0.1) is 0 Å². The molecular weight excluding hydrogens is 198 g/mol. The molecule has 1 aromatic heterocycles. The van der Waals surface area contributed by atoms with E-state index in [1.54, 1.807) is 0 Å². The van der Waals surface area contributed by atoms with Crippen LogP contribution in [0.5, 0.6) is 0 Å². The van der Waals surface area contributed by atoms with Crippen molar-refractivity contribution in [1.82, 2.24) is 9.47 Å². The van der Waals surface area contributed by atoms with Gasteiger partial charge in [-0.05, 0) is 18.6 Å². The molecule has 0 N–H and O–H groups in total. The van der Waals surface area contributed by atoms with Crippen LogP contribution in [0, 0.1) is 11.3 Å². The van der Waals surface area contributed by atoms with Crippen molar-refractivity contribution in [3.8, 4) is 6.07 Å². The Hall–Kier alpha value is -1.66. The van der Waals surface area contributed by atoms with Gasteiger partial charge in [-0.3, -0.25) is 0 Å². The molecule has 0 spiro atoms. The van der Waals surface area contributed by atoms with Gasteiger partial charge in [-0.1, -0.05) is 0 Å². The molecule has 3 nitrogen and oxygen atoms in total. The third kappa shape index (κ3) is 1.08. The van der Waals surface area contributed by atoms with E-state index < -0.39 is 0 Å². The molecule has 1 saturated carbocycles. The van der Waals surface area contributed by atoms with Crippen molar-refractivity contribution in [3.63, 3.8) is 0 Å². The average Bonchev–Trinajstić information content (AvgIpc) is 2.51. The monoisotopic (exact) mass is 212 g/mol. The summed E-state index contributed by atoms with van der Waals surface area (Å²) in [5.74, 6) is 1.05. The third-order valence-electron chi connectivity index (χ3n) is 3.88. The summed E-state index contributed by atoms with van der Waals surface area (Å²) in [6, 6.07) is 6.80. The lowest BCUT2D eigenvalue weighted by Crippen LogP contribution is -2.51. The minimum absolute atomic E-state index is 0.611. The summed E-state index contributed by atoms with van der Waals surface area (Å²) in [4.78, 5) is 4.48. The van der Waals surface area contributed by atoms with Crippen molar-refractivity contribution in [2.24, 2.45) is 0 Å². The minimum Gasteiger partial charge on any atom is -0.247 e. The number of rotatable bonds is 1. The first-order valence-corrected chi connectivity index (χ1v) is 5.70. The Kier molecular flexibility index (Phi) is 1.89. The summed E-state index contributed by atoms with van der Waals surface area (Å²) >= 11 is 0. The molecular formula is C13H14N3+. The van der Waals surface area contributed by atoms with E-state index in [1.165, 1.54) is 19.3 Å². The van der Waals surface area contributed by atoms with Gasteiger partial charge in [-0.2, -0.15) is 5.26 Å². The molecule has 0 radical (unpaired) electrons. The van der Waals surface area contributed by atoms with E-state index in [0.717, 1.165) is 21.4 Å². The molecule has 1 aromatic rings. The van der Waals surface area contributed by atoms with Gasteiger partial charge in [0, 0.05) is 19.0 Å². The van der Waals surface area contributed by atoms with Crippen molar-refractivity contribution in [2.45, 2.75) is 25.3 Å². The first kappa shape index (κ1) is 9.56. The summed E-state index contributed by atoms with van der Waals surface area (Å²) in [6.07, 6.45) is 7.67. The predicted octanol–water partition coefficient (Wildman–Crippen LogP) is 2.45. The molecule has 0 bridgehead atoms. The molecule has 0 amide bonds.